The van der Waals surface area contributed by atoms with Gasteiger partial charge in [0.05, 0.1) is 6.61 Å². The molecule has 0 atom stereocenters. The van der Waals surface area contributed by atoms with Crippen LogP contribution in [-0.4, -0.2) is 6.61 Å². The second-order valence-electron chi connectivity index (χ2n) is 7.33. The molecule has 1 heteroatoms. The molecule has 1 aliphatic carbocycles. The van der Waals surface area contributed by atoms with Crippen molar-refractivity contribution in [3.63, 3.8) is 0 Å². The summed E-state index contributed by atoms with van der Waals surface area (Å²) in [6.07, 6.45) is 16.4. The summed E-state index contributed by atoms with van der Waals surface area (Å²) < 4.78 is 5.76. The number of hydrogen-bond donors (Lipinski definition) is 0. The third-order valence-corrected chi connectivity index (χ3v) is 5.33. The zero-order valence-corrected chi connectivity index (χ0v) is 15.8. The average molecular weight is 329 g/mol. The molecule has 1 fully saturated rings. The molecule has 0 spiro atoms. The van der Waals surface area contributed by atoms with Gasteiger partial charge < -0.3 is 4.74 Å². The second kappa shape index (κ2) is 11.5. The van der Waals surface area contributed by atoms with Gasteiger partial charge in [0.1, 0.15) is 0 Å². The van der Waals surface area contributed by atoms with Crippen LogP contribution < -0.4 is 0 Å². The van der Waals surface area contributed by atoms with Gasteiger partial charge >= 0.3 is 0 Å². The smallest absolute Gasteiger partial charge is 0.0716 e. The van der Waals surface area contributed by atoms with E-state index in [2.05, 4.69) is 50.3 Å². The maximum atomic E-state index is 5.76. The molecule has 1 nitrogen and oxygen atoms in total. The van der Waals surface area contributed by atoms with Crippen molar-refractivity contribution in [2.45, 2.75) is 84.2 Å². The molecule has 0 unspecified atom stereocenters. The number of benzene rings is 1. The third-order valence-electron chi connectivity index (χ3n) is 5.33. The summed E-state index contributed by atoms with van der Waals surface area (Å²) in [5.41, 5.74) is 2.85. The Morgan fingerprint density at radius 2 is 1.71 bits per heavy atom. The number of unbranched alkanes of at least 4 members (excludes halogenated alkanes) is 2. The Labute approximate surface area is 149 Å². The summed E-state index contributed by atoms with van der Waals surface area (Å²) in [4.78, 5) is 0. The molecule has 2 rings (SSSR count). The molecule has 0 aliphatic heterocycles. The molecule has 1 saturated carbocycles. The van der Waals surface area contributed by atoms with Gasteiger partial charge in [0.2, 0.25) is 0 Å². The largest absolute Gasteiger partial charge is 0.377 e. The fourth-order valence-electron chi connectivity index (χ4n) is 3.72. The maximum Gasteiger partial charge on any atom is 0.0716 e. The Bertz CT molecular complexity index is 451. The fraction of sp³-hybridized carbons (Fsp3) is 0.652. The third kappa shape index (κ3) is 6.81. The predicted octanol–water partition coefficient (Wildman–Crippen LogP) is 7.02. The minimum absolute atomic E-state index is 0.764. The van der Waals surface area contributed by atoms with Crippen molar-refractivity contribution >= 4 is 0 Å². The number of hydrogen-bond acceptors (Lipinski definition) is 1. The van der Waals surface area contributed by atoms with Gasteiger partial charge in [0.25, 0.3) is 0 Å². The highest BCUT2D eigenvalue weighted by Gasteiger charge is 2.21. The van der Waals surface area contributed by atoms with Gasteiger partial charge in [-0.1, -0.05) is 63.1 Å². The van der Waals surface area contributed by atoms with Crippen molar-refractivity contribution in [1.29, 1.82) is 0 Å². The molecular formula is C23H36O. The zero-order chi connectivity index (χ0) is 17.0. The first kappa shape index (κ1) is 19.2. The Morgan fingerprint density at radius 3 is 2.38 bits per heavy atom. The monoisotopic (exact) mass is 328 g/mol. The minimum Gasteiger partial charge on any atom is -0.377 e. The van der Waals surface area contributed by atoms with Crippen LogP contribution in [0.15, 0.2) is 36.4 Å². The van der Waals surface area contributed by atoms with Gasteiger partial charge in [-0.05, 0) is 67.9 Å². The van der Waals surface area contributed by atoms with E-state index in [9.17, 15) is 0 Å². The van der Waals surface area contributed by atoms with E-state index < -0.39 is 0 Å². The molecule has 134 valence electrons. The van der Waals surface area contributed by atoms with Gasteiger partial charge in [0.15, 0.2) is 0 Å². The first-order chi connectivity index (χ1) is 11.8. The highest BCUT2D eigenvalue weighted by Crippen LogP contribution is 2.37. The lowest BCUT2D eigenvalue weighted by molar-refractivity contribution is 0.117. The van der Waals surface area contributed by atoms with E-state index in [0.29, 0.717) is 0 Å². The lowest BCUT2D eigenvalue weighted by Gasteiger charge is -2.28. The van der Waals surface area contributed by atoms with E-state index in [1.807, 2.05) is 0 Å². The van der Waals surface area contributed by atoms with E-state index in [4.69, 9.17) is 4.74 Å². The van der Waals surface area contributed by atoms with Crippen LogP contribution in [0.1, 0.15) is 88.7 Å². The van der Waals surface area contributed by atoms with E-state index in [1.165, 1.54) is 68.9 Å². The SMILES string of the molecule is CCC=CC[C@H]1CC[C@H](c2ccc(COCCCCC)cc2)CC1. The Morgan fingerprint density at radius 1 is 0.958 bits per heavy atom. The highest BCUT2D eigenvalue weighted by molar-refractivity contribution is 5.25. The van der Waals surface area contributed by atoms with Gasteiger partial charge in [-0.2, -0.15) is 0 Å². The van der Waals surface area contributed by atoms with Crippen molar-refractivity contribution in [2.24, 2.45) is 5.92 Å². The molecule has 0 heterocycles. The summed E-state index contributed by atoms with van der Waals surface area (Å²) in [5, 5.41) is 0. The molecule has 24 heavy (non-hydrogen) atoms. The van der Waals surface area contributed by atoms with Crippen molar-refractivity contribution < 1.29 is 4.74 Å². The standard InChI is InChI=1S/C23H36O/c1-3-5-7-9-20-10-14-22(15-11-20)23-16-12-21(13-17-23)19-24-18-8-6-4-2/h5,7,12-13,16-17,20,22H,3-4,6,8-11,14-15,18-19H2,1-2H3/t20-,22-. The zero-order valence-electron chi connectivity index (χ0n) is 15.8. The van der Waals surface area contributed by atoms with Crippen molar-refractivity contribution in [3.8, 4) is 0 Å². The molecule has 0 N–H and O–H groups in total. The molecule has 0 bridgehead atoms. The average Bonchev–Trinajstić information content (AvgIpc) is 2.63. The molecule has 1 aliphatic rings. The number of ether oxygens (including phenoxy) is 1. The fourth-order valence-corrected chi connectivity index (χ4v) is 3.72. The highest BCUT2D eigenvalue weighted by atomic mass is 16.5. The normalized spacial score (nSPS) is 21.4. The lowest BCUT2D eigenvalue weighted by Crippen LogP contribution is -2.12. The topological polar surface area (TPSA) is 9.23 Å². The van der Waals surface area contributed by atoms with Crippen LogP contribution in [0.3, 0.4) is 0 Å². The molecule has 1 aromatic carbocycles. The summed E-state index contributed by atoms with van der Waals surface area (Å²) >= 11 is 0. The van der Waals surface area contributed by atoms with Gasteiger partial charge in [-0.25, -0.2) is 0 Å². The van der Waals surface area contributed by atoms with Crippen molar-refractivity contribution in [1.82, 2.24) is 0 Å². The van der Waals surface area contributed by atoms with E-state index in [0.717, 1.165) is 25.0 Å². The maximum absolute atomic E-state index is 5.76. The van der Waals surface area contributed by atoms with E-state index in [-0.39, 0.29) is 0 Å². The molecular weight excluding hydrogens is 292 g/mol. The summed E-state index contributed by atoms with van der Waals surface area (Å²) in [6.45, 7) is 6.11. The Balaban J connectivity index is 1.71. The van der Waals surface area contributed by atoms with Crippen LogP contribution in [0.25, 0.3) is 0 Å². The van der Waals surface area contributed by atoms with Crippen LogP contribution in [0, 0.1) is 5.92 Å². The lowest BCUT2D eigenvalue weighted by atomic mass is 9.77. The van der Waals surface area contributed by atoms with Crippen LogP contribution in [0.4, 0.5) is 0 Å². The van der Waals surface area contributed by atoms with Gasteiger partial charge in [-0.15, -0.1) is 0 Å². The summed E-state index contributed by atoms with van der Waals surface area (Å²) in [5.74, 6) is 1.69. The predicted molar refractivity (Wildman–Crippen MR) is 104 cm³/mol. The minimum atomic E-state index is 0.764. The first-order valence-electron chi connectivity index (χ1n) is 10.1. The first-order valence-corrected chi connectivity index (χ1v) is 10.1. The number of allylic oxidation sites excluding steroid dienone is 2. The molecule has 0 amide bonds. The number of rotatable bonds is 10. The van der Waals surface area contributed by atoms with E-state index >= 15 is 0 Å². The molecule has 0 aromatic heterocycles. The van der Waals surface area contributed by atoms with Crippen molar-refractivity contribution in [2.75, 3.05) is 6.61 Å². The molecule has 0 radical (unpaired) electrons. The van der Waals surface area contributed by atoms with E-state index in [1.54, 1.807) is 0 Å². The van der Waals surface area contributed by atoms with Crippen LogP contribution in [0.2, 0.25) is 0 Å². The van der Waals surface area contributed by atoms with Crippen LogP contribution >= 0.6 is 0 Å². The van der Waals surface area contributed by atoms with Crippen molar-refractivity contribution in [3.05, 3.63) is 47.5 Å². The Hall–Kier alpha value is -1.08. The van der Waals surface area contributed by atoms with Crippen LogP contribution in [-0.2, 0) is 11.3 Å². The molecule has 1 aromatic rings. The van der Waals surface area contributed by atoms with Gasteiger partial charge in [0, 0.05) is 6.61 Å². The summed E-state index contributed by atoms with van der Waals surface area (Å²) in [6, 6.07) is 9.22. The molecule has 0 saturated heterocycles. The Kier molecular flexibility index (Phi) is 9.20. The second-order valence-corrected chi connectivity index (χ2v) is 7.33. The summed E-state index contributed by atoms with van der Waals surface area (Å²) in [7, 11) is 0. The van der Waals surface area contributed by atoms with Gasteiger partial charge in [-0.3, -0.25) is 0 Å². The quantitative estimate of drug-likeness (QED) is 0.331. The van der Waals surface area contributed by atoms with Crippen LogP contribution in [0.5, 0.6) is 0 Å².